The molecule has 6 nitrogen and oxygen atoms in total. The van der Waals surface area contributed by atoms with Crippen molar-refractivity contribution in [3.63, 3.8) is 0 Å². The first-order valence-corrected chi connectivity index (χ1v) is 5.16. The van der Waals surface area contributed by atoms with Gasteiger partial charge in [0.15, 0.2) is 0 Å². The lowest BCUT2D eigenvalue weighted by Gasteiger charge is -1.95. The van der Waals surface area contributed by atoms with Crippen molar-refractivity contribution in [1.29, 1.82) is 0 Å². The highest BCUT2D eigenvalue weighted by Crippen LogP contribution is 2.13. The summed E-state index contributed by atoms with van der Waals surface area (Å²) in [4.78, 5) is 17.8. The third-order valence-electron chi connectivity index (χ3n) is 2.25. The second-order valence-electron chi connectivity index (χ2n) is 3.52. The molecule has 6 heteroatoms. The summed E-state index contributed by atoms with van der Waals surface area (Å²) in [5.41, 5.74) is 7.04. The van der Waals surface area contributed by atoms with E-state index in [1.807, 2.05) is 0 Å². The lowest BCUT2D eigenvalue weighted by molar-refractivity contribution is -0.384. The molecule has 90 valence electrons. The number of hydrogen-bond acceptors (Lipinski definition) is 5. The molecule has 0 fully saturated rings. The van der Waals surface area contributed by atoms with E-state index in [-0.39, 0.29) is 11.6 Å². The Hall–Kier alpha value is -2.76. The Bertz CT molecular complexity index is 593. The molecule has 0 aliphatic heterocycles. The minimum atomic E-state index is -0.432. The number of rotatable bonds is 3. The van der Waals surface area contributed by atoms with Gasteiger partial charge in [0.2, 0.25) is 5.95 Å². The van der Waals surface area contributed by atoms with Gasteiger partial charge in [-0.15, -0.1) is 0 Å². The summed E-state index contributed by atoms with van der Waals surface area (Å²) in [7, 11) is 0. The molecule has 0 saturated heterocycles. The van der Waals surface area contributed by atoms with Crippen LogP contribution in [-0.2, 0) is 0 Å². The van der Waals surface area contributed by atoms with Crippen molar-refractivity contribution in [2.45, 2.75) is 0 Å². The molecule has 2 rings (SSSR count). The van der Waals surface area contributed by atoms with Gasteiger partial charge in [-0.05, 0) is 29.8 Å². The van der Waals surface area contributed by atoms with Gasteiger partial charge in [-0.1, -0.05) is 6.08 Å². The molecule has 0 spiro atoms. The fourth-order valence-corrected chi connectivity index (χ4v) is 1.37. The molecule has 1 aromatic carbocycles. The number of nitro groups is 1. The molecule has 0 bridgehead atoms. The van der Waals surface area contributed by atoms with Crippen molar-refractivity contribution in [2.24, 2.45) is 0 Å². The van der Waals surface area contributed by atoms with Crippen LogP contribution in [0.2, 0.25) is 0 Å². The smallest absolute Gasteiger partial charge is 0.269 e. The van der Waals surface area contributed by atoms with Gasteiger partial charge in [-0.2, -0.15) is 0 Å². The fraction of sp³-hybridized carbons (Fsp3) is 0. The normalized spacial score (nSPS) is 10.7. The molecule has 0 atom stereocenters. The van der Waals surface area contributed by atoms with Crippen LogP contribution in [0.1, 0.15) is 11.3 Å². The zero-order valence-corrected chi connectivity index (χ0v) is 9.35. The second-order valence-corrected chi connectivity index (χ2v) is 3.52. The molecule has 1 aromatic heterocycles. The Labute approximate surface area is 103 Å². The minimum Gasteiger partial charge on any atom is -0.368 e. The van der Waals surface area contributed by atoms with Gasteiger partial charge in [0.25, 0.3) is 5.69 Å². The number of nitro benzene ring substituents is 1. The number of nitrogens with zero attached hydrogens (tertiary/aromatic N) is 3. The van der Waals surface area contributed by atoms with Gasteiger partial charge in [0.05, 0.1) is 10.6 Å². The molecule has 0 aliphatic rings. The van der Waals surface area contributed by atoms with E-state index < -0.39 is 4.92 Å². The van der Waals surface area contributed by atoms with Crippen LogP contribution in [0.15, 0.2) is 36.5 Å². The number of nitrogens with two attached hydrogens (primary N) is 1. The zero-order valence-electron chi connectivity index (χ0n) is 9.35. The van der Waals surface area contributed by atoms with Crippen molar-refractivity contribution in [2.75, 3.05) is 5.73 Å². The highest BCUT2D eigenvalue weighted by Gasteiger charge is 2.02. The standard InChI is InChI=1S/C12H10N4O2/c13-12-14-8-7-10(15-12)4-1-9-2-5-11(6-3-9)16(17)18/h1-8H,(H2,13,14,15)/b4-1+. The van der Waals surface area contributed by atoms with Crippen molar-refractivity contribution >= 4 is 23.8 Å². The van der Waals surface area contributed by atoms with Crippen LogP contribution < -0.4 is 5.73 Å². The SMILES string of the molecule is Nc1nccc(/C=C/c2ccc([N+](=O)[O-])cc2)n1. The Morgan fingerprint density at radius 2 is 1.89 bits per heavy atom. The Kier molecular flexibility index (Phi) is 3.29. The van der Waals surface area contributed by atoms with Crippen LogP contribution in [0.25, 0.3) is 12.2 Å². The third-order valence-corrected chi connectivity index (χ3v) is 2.25. The number of anilines is 1. The maximum absolute atomic E-state index is 10.5. The van der Waals surface area contributed by atoms with Crippen LogP contribution in [0.3, 0.4) is 0 Å². The molecule has 2 aromatic rings. The van der Waals surface area contributed by atoms with E-state index in [0.717, 1.165) is 5.56 Å². The van der Waals surface area contributed by atoms with E-state index in [9.17, 15) is 10.1 Å². The lowest BCUT2D eigenvalue weighted by Crippen LogP contribution is -1.94. The van der Waals surface area contributed by atoms with Gasteiger partial charge >= 0.3 is 0 Å². The zero-order chi connectivity index (χ0) is 13.0. The fourth-order valence-electron chi connectivity index (χ4n) is 1.37. The van der Waals surface area contributed by atoms with Gasteiger partial charge < -0.3 is 5.73 Å². The van der Waals surface area contributed by atoms with Gasteiger partial charge in [0, 0.05) is 18.3 Å². The quantitative estimate of drug-likeness (QED) is 0.657. The number of non-ortho nitro benzene ring substituents is 1. The summed E-state index contributed by atoms with van der Waals surface area (Å²) < 4.78 is 0. The molecule has 0 radical (unpaired) electrons. The Morgan fingerprint density at radius 3 is 2.50 bits per heavy atom. The minimum absolute atomic E-state index is 0.0680. The third kappa shape index (κ3) is 2.88. The van der Waals surface area contributed by atoms with Crippen molar-refractivity contribution in [3.05, 3.63) is 57.9 Å². The number of nitrogen functional groups attached to an aromatic ring is 1. The average Bonchev–Trinajstić information content (AvgIpc) is 2.37. The van der Waals surface area contributed by atoms with Crippen molar-refractivity contribution in [1.82, 2.24) is 9.97 Å². The molecular weight excluding hydrogens is 232 g/mol. The topological polar surface area (TPSA) is 94.9 Å². The summed E-state index contributed by atoms with van der Waals surface area (Å²) in [5.74, 6) is 0.209. The summed E-state index contributed by atoms with van der Waals surface area (Å²) in [6, 6.07) is 7.96. The number of hydrogen-bond donors (Lipinski definition) is 1. The molecule has 18 heavy (non-hydrogen) atoms. The Morgan fingerprint density at radius 1 is 1.17 bits per heavy atom. The summed E-state index contributed by atoms with van der Waals surface area (Å²) >= 11 is 0. The summed E-state index contributed by atoms with van der Waals surface area (Å²) in [6.45, 7) is 0. The summed E-state index contributed by atoms with van der Waals surface area (Å²) in [5, 5.41) is 10.5. The number of benzene rings is 1. The second kappa shape index (κ2) is 5.05. The highest BCUT2D eigenvalue weighted by molar-refractivity contribution is 5.68. The predicted molar refractivity (Wildman–Crippen MR) is 68.5 cm³/mol. The van der Waals surface area contributed by atoms with Crippen LogP contribution in [0.4, 0.5) is 11.6 Å². The van der Waals surface area contributed by atoms with Crippen LogP contribution in [0, 0.1) is 10.1 Å². The van der Waals surface area contributed by atoms with E-state index >= 15 is 0 Å². The van der Waals surface area contributed by atoms with E-state index in [1.165, 1.54) is 12.1 Å². The van der Waals surface area contributed by atoms with E-state index in [1.54, 1.807) is 36.5 Å². The van der Waals surface area contributed by atoms with Crippen LogP contribution in [-0.4, -0.2) is 14.9 Å². The summed E-state index contributed by atoms with van der Waals surface area (Å²) in [6.07, 6.45) is 5.13. The molecular formula is C12H10N4O2. The Balaban J connectivity index is 2.16. The first-order chi connectivity index (χ1) is 8.65. The molecule has 0 amide bonds. The van der Waals surface area contributed by atoms with Crippen molar-refractivity contribution in [3.8, 4) is 0 Å². The average molecular weight is 242 g/mol. The van der Waals surface area contributed by atoms with Crippen molar-refractivity contribution < 1.29 is 4.92 Å². The lowest BCUT2D eigenvalue weighted by atomic mass is 10.2. The first-order valence-electron chi connectivity index (χ1n) is 5.16. The van der Waals surface area contributed by atoms with Gasteiger partial charge in [-0.3, -0.25) is 10.1 Å². The highest BCUT2D eigenvalue weighted by atomic mass is 16.6. The molecule has 2 N–H and O–H groups in total. The van der Waals surface area contributed by atoms with Crippen LogP contribution >= 0.6 is 0 Å². The van der Waals surface area contributed by atoms with Crippen LogP contribution in [0.5, 0.6) is 0 Å². The molecule has 0 unspecified atom stereocenters. The predicted octanol–water partition coefficient (Wildman–Crippen LogP) is 2.14. The maximum atomic E-state index is 10.5. The van der Waals surface area contributed by atoms with E-state index in [4.69, 9.17) is 5.73 Å². The largest absolute Gasteiger partial charge is 0.368 e. The molecule has 0 saturated carbocycles. The maximum Gasteiger partial charge on any atom is 0.269 e. The van der Waals surface area contributed by atoms with E-state index in [2.05, 4.69) is 9.97 Å². The number of aromatic nitrogens is 2. The van der Waals surface area contributed by atoms with E-state index in [0.29, 0.717) is 5.69 Å². The first kappa shape index (κ1) is 11.7. The molecule has 0 aliphatic carbocycles. The monoisotopic (exact) mass is 242 g/mol. The molecule has 1 heterocycles. The van der Waals surface area contributed by atoms with Gasteiger partial charge in [0.1, 0.15) is 0 Å². The van der Waals surface area contributed by atoms with Gasteiger partial charge in [-0.25, -0.2) is 9.97 Å².